The van der Waals surface area contributed by atoms with E-state index in [2.05, 4.69) is 10.2 Å². The van der Waals surface area contributed by atoms with E-state index in [4.69, 9.17) is 11.6 Å². The second-order valence-corrected chi connectivity index (χ2v) is 6.68. The summed E-state index contributed by atoms with van der Waals surface area (Å²) in [6, 6.07) is 6.92. The zero-order valence-corrected chi connectivity index (χ0v) is 13.4. The lowest BCUT2D eigenvalue weighted by molar-refractivity contribution is -0.141. The molecule has 2 N–H and O–H groups in total. The van der Waals surface area contributed by atoms with E-state index in [1.165, 1.54) is 12.8 Å². The molecule has 23 heavy (non-hydrogen) atoms. The van der Waals surface area contributed by atoms with E-state index < -0.39 is 6.10 Å². The van der Waals surface area contributed by atoms with Gasteiger partial charge in [0.2, 0.25) is 0 Å². The van der Waals surface area contributed by atoms with Gasteiger partial charge in [0.05, 0.1) is 5.69 Å². The van der Waals surface area contributed by atoms with Crippen LogP contribution in [0.15, 0.2) is 24.3 Å². The Morgan fingerprint density at radius 2 is 2.17 bits per heavy atom. The maximum Gasteiger partial charge on any atom is 0.256 e. The first-order valence-corrected chi connectivity index (χ1v) is 8.30. The third-order valence-electron chi connectivity index (χ3n) is 4.67. The maximum atomic E-state index is 12.7. The Bertz CT molecular complexity index is 754. The second kappa shape index (κ2) is 5.65. The van der Waals surface area contributed by atoms with Crippen LogP contribution in [0.5, 0.6) is 0 Å². The summed E-state index contributed by atoms with van der Waals surface area (Å²) < 4.78 is 0. The van der Waals surface area contributed by atoms with Gasteiger partial charge in [-0.3, -0.25) is 9.89 Å². The summed E-state index contributed by atoms with van der Waals surface area (Å²) in [7, 11) is 0. The molecule has 0 spiro atoms. The molecule has 1 aliphatic carbocycles. The maximum absolute atomic E-state index is 12.7. The third-order valence-corrected chi connectivity index (χ3v) is 5.02. The van der Waals surface area contributed by atoms with Crippen molar-refractivity contribution in [3.05, 3.63) is 51.8 Å². The SMILES string of the molecule is O=C(C(O)c1ccccc1Cl)N1CCc2[nH]nc(C3CC3)c2C1. The fourth-order valence-electron chi connectivity index (χ4n) is 3.20. The number of carbonyl (C=O) groups excluding carboxylic acids is 1. The van der Waals surface area contributed by atoms with Gasteiger partial charge < -0.3 is 10.0 Å². The molecule has 4 rings (SSSR count). The number of hydrogen-bond donors (Lipinski definition) is 2. The predicted molar refractivity (Wildman–Crippen MR) is 86.1 cm³/mol. The molecule has 1 saturated carbocycles. The van der Waals surface area contributed by atoms with E-state index >= 15 is 0 Å². The molecular weight excluding hydrogens is 314 g/mol. The van der Waals surface area contributed by atoms with Crippen LogP contribution in [-0.2, 0) is 17.8 Å². The van der Waals surface area contributed by atoms with Crippen LogP contribution >= 0.6 is 11.6 Å². The van der Waals surface area contributed by atoms with Crippen molar-refractivity contribution in [1.29, 1.82) is 0 Å². The third kappa shape index (κ3) is 2.64. The molecule has 0 bridgehead atoms. The number of fused-ring (bicyclic) bond motifs is 1. The minimum Gasteiger partial charge on any atom is -0.378 e. The van der Waals surface area contributed by atoms with Gasteiger partial charge in [0.15, 0.2) is 6.10 Å². The number of carbonyl (C=O) groups is 1. The summed E-state index contributed by atoms with van der Waals surface area (Å²) in [5.74, 6) is 0.241. The summed E-state index contributed by atoms with van der Waals surface area (Å²) in [6.45, 7) is 1.09. The summed E-state index contributed by atoms with van der Waals surface area (Å²) in [4.78, 5) is 14.4. The van der Waals surface area contributed by atoms with Crippen molar-refractivity contribution >= 4 is 17.5 Å². The highest BCUT2D eigenvalue weighted by atomic mass is 35.5. The number of aromatic nitrogens is 2. The van der Waals surface area contributed by atoms with Gasteiger partial charge in [0.1, 0.15) is 0 Å². The molecule has 0 radical (unpaired) electrons. The Labute approximate surface area is 139 Å². The van der Waals surface area contributed by atoms with Crippen LogP contribution in [0.3, 0.4) is 0 Å². The molecule has 2 aliphatic rings. The molecule has 2 aromatic rings. The lowest BCUT2D eigenvalue weighted by Gasteiger charge is -2.29. The second-order valence-electron chi connectivity index (χ2n) is 6.27. The van der Waals surface area contributed by atoms with Gasteiger partial charge in [-0.05, 0) is 18.9 Å². The van der Waals surface area contributed by atoms with E-state index in [1.54, 1.807) is 29.2 Å². The molecule has 1 atom stereocenters. The zero-order chi connectivity index (χ0) is 16.0. The molecule has 1 aliphatic heterocycles. The molecule has 120 valence electrons. The van der Waals surface area contributed by atoms with Gasteiger partial charge in [-0.1, -0.05) is 29.8 Å². The van der Waals surface area contributed by atoms with Crippen LogP contribution in [0.25, 0.3) is 0 Å². The highest BCUT2D eigenvalue weighted by Crippen LogP contribution is 2.42. The molecule has 6 heteroatoms. The normalized spacial score (nSPS) is 18.6. The van der Waals surface area contributed by atoms with Crippen LogP contribution in [0.2, 0.25) is 5.02 Å². The number of aliphatic hydroxyl groups is 1. The van der Waals surface area contributed by atoms with E-state index in [0.29, 0.717) is 29.6 Å². The molecule has 1 aromatic heterocycles. The van der Waals surface area contributed by atoms with Crippen molar-refractivity contribution < 1.29 is 9.90 Å². The van der Waals surface area contributed by atoms with Gasteiger partial charge in [-0.2, -0.15) is 5.10 Å². The Hall–Kier alpha value is -1.85. The molecule has 0 saturated heterocycles. The van der Waals surface area contributed by atoms with E-state index in [9.17, 15) is 9.90 Å². The summed E-state index contributed by atoms with van der Waals surface area (Å²) in [5, 5.41) is 18.4. The van der Waals surface area contributed by atoms with Crippen molar-refractivity contribution in [1.82, 2.24) is 15.1 Å². The monoisotopic (exact) mass is 331 g/mol. The number of rotatable bonds is 3. The van der Waals surface area contributed by atoms with Crippen molar-refractivity contribution in [2.45, 2.75) is 37.8 Å². The lowest BCUT2D eigenvalue weighted by atomic mass is 10.0. The summed E-state index contributed by atoms with van der Waals surface area (Å²) >= 11 is 6.10. The van der Waals surface area contributed by atoms with E-state index in [0.717, 1.165) is 23.4 Å². The number of H-pyrrole nitrogens is 1. The fourth-order valence-corrected chi connectivity index (χ4v) is 3.44. The number of hydrogen-bond acceptors (Lipinski definition) is 3. The highest BCUT2D eigenvalue weighted by Gasteiger charge is 2.34. The Morgan fingerprint density at radius 3 is 2.91 bits per heavy atom. The molecule has 5 nitrogen and oxygen atoms in total. The lowest BCUT2D eigenvalue weighted by Crippen LogP contribution is -2.39. The molecule has 2 heterocycles. The molecule has 1 fully saturated rings. The van der Waals surface area contributed by atoms with Gasteiger partial charge in [0, 0.05) is 47.3 Å². The smallest absolute Gasteiger partial charge is 0.256 e. The minimum absolute atomic E-state index is 0.299. The average Bonchev–Trinajstić information content (AvgIpc) is 3.33. The number of halogens is 1. The summed E-state index contributed by atoms with van der Waals surface area (Å²) in [5.41, 5.74) is 3.82. The van der Waals surface area contributed by atoms with Crippen LogP contribution in [0.1, 0.15) is 47.4 Å². The Kier molecular flexibility index (Phi) is 3.62. The molecule has 1 unspecified atom stereocenters. The zero-order valence-electron chi connectivity index (χ0n) is 12.6. The van der Waals surface area contributed by atoms with Gasteiger partial charge in [-0.25, -0.2) is 0 Å². The van der Waals surface area contributed by atoms with Crippen molar-refractivity contribution in [3.63, 3.8) is 0 Å². The quantitative estimate of drug-likeness (QED) is 0.908. The first-order chi connectivity index (χ1) is 11.1. The van der Waals surface area contributed by atoms with Crippen LogP contribution < -0.4 is 0 Å². The topological polar surface area (TPSA) is 69.2 Å². The number of aromatic amines is 1. The van der Waals surface area contributed by atoms with Gasteiger partial charge in [0.25, 0.3) is 5.91 Å². The van der Waals surface area contributed by atoms with Crippen molar-refractivity contribution in [2.24, 2.45) is 0 Å². The van der Waals surface area contributed by atoms with Crippen LogP contribution in [-0.4, -0.2) is 32.7 Å². The Balaban J connectivity index is 1.55. The van der Waals surface area contributed by atoms with Crippen molar-refractivity contribution in [3.8, 4) is 0 Å². The number of amides is 1. The van der Waals surface area contributed by atoms with Gasteiger partial charge >= 0.3 is 0 Å². The highest BCUT2D eigenvalue weighted by molar-refractivity contribution is 6.31. The largest absolute Gasteiger partial charge is 0.378 e. The first kappa shape index (κ1) is 14.7. The van der Waals surface area contributed by atoms with Crippen molar-refractivity contribution in [2.75, 3.05) is 6.54 Å². The molecule has 1 aromatic carbocycles. The van der Waals surface area contributed by atoms with Gasteiger partial charge in [-0.15, -0.1) is 0 Å². The number of nitrogens with zero attached hydrogens (tertiary/aromatic N) is 2. The standard InChI is InChI=1S/C17H18ClN3O2/c18-13-4-2-1-3-11(13)16(22)17(23)21-8-7-14-12(9-21)15(20-19-14)10-5-6-10/h1-4,10,16,22H,5-9H2,(H,19,20). The number of aliphatic hydroxyl groups excluding tert-OH is 1. The molecule has 1 amide bonds. The van der Waals surface area contributed by atoms with Crippen LogP contribution in [0, 0.1) is 0 Å². The Morgan fingerprint density at radius 1 is 1.39 bits per heavy atom. The summed E-state index contributed by atoms with van der Waals surface area (Å²) in [6.07, 6.45) is 1.87. The fraction of sp³-hybridized carbons (Fsp3) is 0.412. The molecular formula is C17H18ClN3O2. The predicted octanol–water partition coefficient (Wildman–Crippen LogP) is 2.56. The minimum atomic E-state index is -1.22. The number of nitrogens with one attached hydrogen (secondary N) is 1. The van der Waals surface area contributed by atoms with Crippen LogP contribution in [0.4, 0.5) is 0 Å². The number of benzene rings is 1. The average molecular weight is 332 g/mol. The van der Waals surface area contributed by atoms with E-state index in [1.807, 2.05) is 0 Å². The first-order valence-electron chi connectivity index (χ1n) is 7.92. The van der Waals surface area contributed by atoms with E-state index in [-0.39, 0.29) is 5.91 Å².